The minimum atomic E-state index is -0.0527. The van der Waals surface area contributed by atoms with E-state index in [0.29, 0.717) is 6.54 Å². The topological polar surface area (TPSA) is 41.6 Å². The predicted octanol–water partition coefficient (Wildman–Crippen LogP) is 2.43. The normalized spacial score (nSPS) is 18.2. The van der Waals surface area contributed by atoms with Crippen molar-refractivity contribution in [1.29, 1.82) is 0 Å². The maximum absolute atomic E-state index is 12.3. The molecule has 1 aromatic rings. The minimum Gasteiger partial charge on any atom is -0.497 e. The fourth-order valence-corrected chi connectivity index (χ4v) is 2.70. The molecule has 1 aliphatic rings. The number of nitrogens with zero attached hydrogens (tertiary/aromatic N) is 1. The van der Waals surface area contributed by atoms with Crippen LogP contribution in [0.2, 0.25) is 0 Å². The van der Waals surface area contributed by atoms with Crippen LogP contribution in [0.25, 0.3) is 0 Å². The van der Waals surface area contributed by atoms with Crippen LogP contribution in [0, 0.1) is 5.92 Å². The lowest BCUT2D eigenvalue weighted by atomic mass is 9.98. The maximum Gasteiger partial charge on any atom is 0.237 e. The Kier molecular flexibility index (Phi) is 5.62. The number of carbonyl (C=O) groups excluding carboxylic acids is 1. The van der Waals surface area contributed by atoms with Crippen molar-refractivity contribution in [3.63, 3.8) is 0 Å². The number of nitrogens with one attached hydrogen (secondary N) is 1. The first-order valence-corrected chi connectivity index (χ1v) is 7.75. The maximum atomic E-state index is 12.3. The van der Waals surface area contributed by atoms with Crippen LogP contribution in [0.4, 0.5) is 0 Å². The van der Waals surface area contributed by atoms with Gasteiger partial charge in [-0.1, -0.05) is 19.1 Å². The first-order valence-electron chi connectivity index (χ1n) is 7.75. The minimum absolute atomic E-state index is 0.0527. The van der Waals surface area contributed by atoms with Gasteiger partial charge < -0.3 is 10.1 Å². The molecule has 1 N–H and O–H groups in total. The molecule has 116 valence electrons. The quantitative estimate of drug-likeness (QED) is 0.905. The molecule has 0 aliphatic carbocycles. The van der Waals surface area contributed by atoms with E-state index in [2.05, 4.69) is 17.1 Å². The lowest BCUT2D eigenvalue weighted by Gasteiger charge is -2.34. The molecule has 1 amide bonds. The number of methoxy groups -OCH3 is 1. The van der Waals surface area contributed by atoms with Crippen molar-refractivity contribution in [2.45, 2.75) is 39.3 Å². The van der Waals surface area contributed by atoms with Crippen LogP contribution in [0.15, 0.2) is 24.3 Å². The second-order valence-corrected chi connectivity index (χ2v) is 5.96. The first kappa shape index (κ1) is 15.8. The molecule has 0 bridgehead atoms. The van der Waals surface area contributed by atoms with E-state index in [0.717, 1.165) is 30.3 Å². The van der Waals surface area contributed by atoms with E-state index < -0.39 is 0 Å². The Morgan fingerprint density at radius 2 is 2.14 bits per heavy atom. The lowest BCUT2D eigenvalue weighted by Crippen LogP contribution is -2.47. The van der Waals surface area contributed by atoms with Crippen molar-refractivity contribution in [2.24, 2.45) is 5.92 Å². The molecule has 4 heteroatoms. The molecule has 4 nitrogen and oxygen atoms in total. The van der Waals surface area contributed by atoms with Crippen LogP contribution in [0.5, 0.6) is 5.75 Å². The Bertz CT molecular complexity index is 468. The zero-order valence-corrected chi connectivity index (χ0v) is 13.3. The number of rotatable bonds is 5. The highest BCUT2D eigenvalue weighted by Gasteiger charge is 2.24. The zero-order valence-electron chi connectivity index (χ0n) is 13.3. The second kappa shape index (κ2) is 7.46. The number of benzene rings is 1. The molecule has 1 heterocycles. The number of piperidine rings is 1. The summed E-state index contributed by atoms with van der Waals surface area (Å²) < 4.78 is 5.19. The van der Waals surface area contributed by atoms with Crippen LogP contribution in [0.3, 0.4) is 0 Å². The Morgan fingerprint density at radius 3 is 2.81 bits per heavy atom. The summed E-state index contributed by atoms with van der Waals surface area (Å²) in [4.78, 5) is 14.5. The predicted molar refractivity (Wildman–Crippen MR) is 84.3 cm³/mol. The summed E-state index contributed by atoms with van der Waals surface area (Å²) in [7, 11) is 1.65. The van der Waals surface area contributed by atoms with Gasteiger partial charge in [-0.05, 0) is 56.5 Å². The smallest absolute Gasteiger partial charge is 0.237 e. The van der Waals surface area contributed by atoms with Crippen LogP contribution in [-0.2, 0) is 11.3 Å². The molecule has 0 saturated carbocycles. The molecule has 1 atom stereocenters. The van der Waals surface area contributed by atoms with Gasteiger partial charge >= 0.3 is 0 Å². The van der Waals surface area contributed by atoms with Crippen molar-refractivity contribution in [1.82, 2.24) is 10.2 Å². The van der Waals surface area contributed by atoms with Crippen molar-refractivity contribution in [3.05, 3.63) is 29.8 Å². The van der Waals surface area contributed by atoms with Crippen molar-refractivity contribution in [2.75, 3.05) is 20.2 Å². The van der Waals surface area contributed by atoms with Crippen molar-refractivity contribution >= 4 is 5.91 Å². The van der Waals surface area contributed by atoms with E-state index in [4.69, 9.17) is 4.74 Å². The van der Waals surface area contributed by atoms with E-state index in [1.807, 2.05) is 31.2 Å². The highest BCUT2D eigenvalue weighted by atomic mass is 16.5. The standard InChI is InChI=1S/C17H26N2O2/c1-13-7-9-19(10-8-13)14(2)17(20)18-12-15-5-4-6-16(11-15)21-3/h4-6,11,13-14H,7-10,12H2,1-3H3,(H,18,20). The summed E-state index contributed by atoms with van der Waals surface area (Å²) in [6, 6.07) is 7.74. The third kappa shape index (κ3) is 4.46. The third-order valence-corrected chi connectivity index (χ3v) is 4.35. The molecule has 0 spiro atoms. The molecule has 1 fully saturated rings. The summed E-state index contributed by atoms with van der Waals surface area (Å²) in [5.41, 5.74) is 1.06. The average molecular weight is 290 g/mol. The first-order chi connectivity index (χ1) is 10.1. The van der Waals surface area contributed by atoms with Gasteiger partial charge in [0.2, 0.25) is 5.91 Å². The van der Waals surface area contributed by atoms with E-state index in [9.17, 15) is 4.79 Å². The van der Waals surface area contributed by atoms with Crippen molar-refractivity contribution in [3.8, 4) is 5.75 Å². The van der Waals surface area contributed by atoms with Crippen LogP contribution < -0.4 is 10.1 Å². The Balaban J connectivity index is 1.83. The number of likely N-dealkylation sites (tertiary alicyclic amines) is 1. The zero-order chi connectivity index (χ0) is 15.2. The van der Waals surface area contributed by atoms with Gasteiger partial charge in [0.1, 0.15) is 5.75 Å². The highest BCUT2D eigenvalue weighted by molar-refractivity contribution is 5.81. The molecule has 1 saturated heterocycles. The summed E-state index contributed by atoms with van der Waals surface area (Å²) in [5, 5.41) is 3.02. The van der Waals surface area contributed by atoms with E-state index in [1.54, 1.807) is 7.11 Å². The van der Waals surface area contributed by atoms with E-state index in [-0.39, 0.29) is 11.9 Å². The van der Waals surface area contributed by atoms with Gasteiger partial charge in [0.25, 0.3) is 0 Å². The van der Waals surface area contributed by atoms with E-state index >= 15 is 0 Å². The molecule has 21 heavy (non-hydrogen) atoms. The van der Waals surface area contributed by atoms with Gasteiger partial charge in [-0.15, -0.1) is 0 Å². The average Bonchev–Trinajstić information content (AvgIpc) is 2.53. The molecule has 0 aromatic heterocycles. The van der Waals surface area contributed by atoms with Gasteiger partial charge in [0, 0.05) is 6.54 Å². The summed E-state index contributed by atoms with van der Waals surface area (Å²) >= 11 is 0. The molecule has 1 aromatic carbocycles. The molecule has 1 unspecified atom stereocenters. The van der Waals surface area contributed by atoms with Crippen LogP contribution in [0.1, 0.15) is 32.3 Å². The monoisotopic (exact) mass is 290 g/mol. The Labute approximate surface area is 127 Å². The van der Waals surface area contributed by atoms with Crippen LogP contribution in [-0.4, -0.2) is 37.0 Å². The van der Waals surface area contributed by atoms with Gasteiger partial charge in [-0.25, -0.2) is 0 Å². The molecular weight excluding hydrogens is 264 g/mol. The molecule has 2 rings (SSSR count). The van der Waals surface area contributed by atoms with Gasteiger partial charge in [-0.2, -0.15) is 0 Å². The summed E-state index contributed by atoms with van der Waals surface area (Å²) in [6.07, 6.45) is 2.38. The number of amides is 1. The number of carbonyl (C=O) groups is 1. The van der Waals surface area contributed by atoms with Crippen LogP contribution >= 0.6 is 0 Å². The number of ether oxygens (including phenoxy) is 1. The summed E-state index contributed by atoms with van der Waals surface area (Å²) in [5.74, 6) is 1.71. The van der Waals surface area contributed by atoms with Gasteiger partial charge in [0.15, 0.2) is 0 Å². The number of hydrogen-bond donors (Lipinski definition) is 1. The molecule has 0 radical (unpaired) electrons. The number of hydrogen-bond acceptors (Lipinski definition) is 3. The summed E-state index contributed by atoms with van der Waals surface area (Å²) in [6.45, 7) is 6.87. The molecule has 1 aliphatic heterocycles. The van der Waals surface area contributed by atoms with Crippen molar-refractivity contribution < 1.29 is 9.53 Å². The SMILES string of the molecule is COc1cccc(CNC(=O)C(C)N2CCC(C)CC2)c1. The van der Waals surface area contributed by atoms with Gasteiger partial charge in [-0.3, -0.25) is 9.69 Å². The fourth-order valence-electron chi connectivity index (χ4n) is 2.70. The molecular formula is C17H26N2O2. The van der Waals surface area contributed by atoms with E-state index in [1.165, 1.54) is 12.8 Å². The fraction of sp³-hybridized carbons (Fsp3) is 0.588. The third-order valence-electron chi connectivity index (χ3n) is 4.35. The Morgan fingerprint density at radius 1 is 1.43 bits per heavy atom. The highest BCUT2D eigenvalue weighted by Crippen LogP contribution is 2.18. The Hall–Kier alpha value is -1.55. The lowest BCUT2D eigenvalue weighted by molar-refractivity contribution is -0.126. The largest absolute Gasteiger partial charge is 0.497 e. The second-order valence-electron chi connectivity index (χ2n) is 5.96. The van der Waals surface area contributed by atoms with Gasteiger partial charge in [0.05, 0.1) is 13.2 Å².